The standard InChI is InChI=1S/C20H19N3O3/c1-23(14-15-7-3-2-4-8-15)20(25)18-11-5-10-17(22-18)19(24)21-13-16-9-6-12-26-16/h2-12H,13-14H2,1H3,(H,21,24). The van der Waals surface area contributed by atoms with Gasteiger partial charge in [-0.2, -0.15) is 0 Å². The van der Waals surface area contributed by atoms with Crippen molar-refractivity contribution in [1.29, 1.82) is 0 Å². The predicted molar refractivity (Wildman–Crippen MR) is 96.4 cm³/mol. The lowest BCUT2D eigenvalue weighted by atomic mass is 10.2. The molecule has 0 aliphatic carbocycles. The summed E-state index contributed by atoms with van der Waals surface area (Å²) in [5.74, 6) is 0.0458. The number of pyridine rings is 1. The van der Waals surface area contributed by atoms with E-state index in [-0.39, 0.29) is 29.7 Å². The molecule has 0 saturated heterocycles. The van der Waals surface area contributed by atoms with Gasteiger partial charge in [0, 0.05) is 13.6 Å². The molecular weight excluding hydrogens is 330 g/mol. The molecule has 2 heterocycles. The first-order chi connectivity index (χ1) is 12.6. The highest BCUT2D eigenvalue weighted by Gasteiger charge is 2.16. The van der Waals surface area contributed by atoms with E-state index < -0.39 is 0 Å². The number of nitrogens with zero attached hydrogens (tertiary/aromatic N) is 2. The average molecular weight is 349 g/mol. The zero-order valence-corrected chi connectivity index (χ0v) is 14.4. The van der Waals surface area contributed by atoms with Crippen LogP contribution in [0, 0.1) is 0 Å². The first-order valence-electron chi connectivity index (χ1n) is 8.20. The summed E-state index contributed by atoms with van der Waals surface area (Å²) in [6.45, 7) is 0.732. The fourth-order valence-corrected chi connectivity index (χ4v) is 2.48. The van der Waals surface area contributed by atoms with E-state index in [0.717, 1.165) is 5.56 Å². The molecule has 6 nitrogen and oxygen atoms in total. The molecule has 3 rings (SSSR count). The van der Waals surface area contributed by atoms with Gasteiger partial charge < -0.3 is 14.6 Å². The molecule has 0 spiro atoms. The molecule has 1 aromatic carbocycles. The summed E-state index contributed by atoms with van der Waals surface area (Å²) in [4.78, 5) is 30.6. The Kier molecular flexibility index (Phi) is 5.43. The minimum Gasteiger partial charge on any atom is -0.467 e. The molecule has 2 aromatic heterocycles. The minimum absolute atomic E-state index is 0.190. The molecule has 2 amide bonds. The number of hydrogen-bond donors (Lipinski definition) is 1. The van der Waals surface area contributed by atoms with Gasteiger partial charge in [0.15, 0.2) is 0 Å². The smallest absolute Gasteiger partial charge is 0.272 e. The van der Waals surface area contributed by atoms with E-state index in [1.807, 2.05) is 30.3 Å². The molecule has 26 heavy (non-hydrogen) atoms. The average Bonchev–Trinajstić information content (AvgIpc) is 3.20. The fraction of sp³-hybridized carbons (Fsp3) is 0.150. The molecular formula is C20H19N3O3. The van der Waals surface area contributed by atoms with Crippen LogP contribution >= 0.6 is 0 Å². The summed E-state index contributed by atoms with van der Waals surface area (Å²) in [7, 11) is 1.71. The van der Waals surface area contributed by atoms with E-state index >= 15 is 0 Å². The maximum atomic E-state index is 12.6. The predicted octanol–water partition coefficient (Wildman–Crippen LogP) is 2.88. The van der Waals surface area contributed by atoms with Crippen molar-refractivity contribution in [3.8, 4) is 0 Å². The lowest BCUT2D eigenvalue weighted by Crippen LogP contribution is -2.28. The van der Waals surface area contributed by atoms with Crippen molar-refractivity contribution in [2.24, 2.45) is 0 Å². The van der Waals surface area contributed by atoms with Crippen LogP contribution < -0.4 is 5.32 Å². The summed E-state index contributed by atoms with van der Waals surface area (Å²) >= 11 is 0. The maximum Gasteiger partial charge on any atom is 0.272 e. The summed E-state index contributed by atoms with van der Waals surface area (Å²) < 4.78 is 5.17. The van der Waals surface area contributed by atoms with Crippen molar-refractivity contribution in [3.05, 3.63) is 89.6 Å². The number of benzene rings is 1. The number of carbonyl (C=O) groups excluding carboxylic acids is 2. The minimum atomic E-state index is -0.359. The van der Waals surface area contributed by atoms with Crippen molar-refractivity contribution >= 4 is 11.8 Å². The van der Waals surface area contributed by atoms with Crippen LogP contribution in [0.15, 0.2) is 71.3 Å². The van der Waals surface area contributed by atoms with Gasteiger partial charge in [-0.15, -0.1) is 0 Å². The number of hydrogen-bond acceptors (Lipinski definition) is 4. The SMILES string of the molecule is CN(Cc1ccccc1)C(=O)c1cccc(C(=O)NCc2ccco2)n1. The van der Waals surface area contributed by atoms with Crippen molar-refractivity contribution in [3.63, 3.8) is 0 Å². The number of amides is 2. The molecule has 0 unspecified atom stereocenters. The van der Waals surface area contributed by atoms with Gasteiger partial charge in [-0.25, -0.2) is 4.98 Å². The molecule has 0 aliphatic rings. The third-order valence-corrected chi connectivity index (χ3v) is 3.81. The Hall–Kier alpha value is -3.41. The molecule has 1 N–H and O–H groups in total. The summed E-state index contributed by atoms with van der Waals surface area (Å²) in [5, 5.41) is 2.72. The van der Waals surface area contributed by atoms with E-state index in [9.17, 15) is 9.59 Å². The Morgan fingerprint density at radius 3 is 2.50 bits per heavy atom. The zero-order chi connectivity index (χ0) is 18.4. The van der Waals surface area contributed by atoms with Gasteiger partial charge in [-0.1, -0.05) is 36.4 Å². The van der Waals surface area contributed by atoms with Crippen LogP contribution in [0.1, 0.15) is 32.3 Å². The van der Waals surface area contributed by atoms with Gasteiger partial charge in [-0.3, -0.25) is 9.59 Å². The Labute approximate surface area is 151 Å². The number of furan rings is 1. The second-order valence-electron chi connectivity index (χ2n) is 5.82. The monoisotopic (exact) mass is 349 g/mol. The molecule has 0 aliphatic heterocycles. The molecule has 3 aromatic rings. The third kappa shape index (κ3) is 4.36. The van der Waals surface area contributed by atoms with Crippen LogP contribution in [-0.4, -0.2) is 28.7 Å². The van der Waals surface area contributed by atoms with Crippen molar-refractivity contribution in [1.82, 2.24) is 15.2 Å². The van der Waals surface area contributed by atoms with E-state index in [1.165, 1.54) is 0 Å². The van der Waals surface area contributed by atoms with Crippen LogP contribution in [-0.2, 0) is 13.1 Å². The number of carbonyl (C=O) groups is 2. The molecule has 132 valence electrons. The summed E-state index contributed by atoms with van der Waals surface area (Å²) in [6.07, 6.45) is 1.54. The first-order valence-corrected chi connectivity index (χ1v) is 8.20. The number of rotatable bonds is 6. The lowest BCUT2D eigenvalue weighted by Gasteiger charge is -2.17. The van der Waals surface area contributed by atoms with Crippen LogP contribution in [0.4, 0.5) is 0 Å². The van der Waals surface area contributed by atoms with Crippen molar-refractivity contribution < 1.29 is 14.0 Å². The molecule has 0 saturated carbocycles. The fourth-order valence-electron chi connectivity index (χ4n) is 2.48. The van der Waals surface area contributed by atoms with Gasteiger partial charge in [0.1, 0.15) is 17.1 Å². The van der Waals surface area contributed by atoms with Crippen LogP contribution in [0.3, 0.4) is 0 Å². The summed E-state index contributed by atoms with van der Waals surface area (Å²) in [5.41, 5.74) is 1.44. The highest BCUT2D eigenvalue weighted by Crippen LogP contribution is 2.08. The van der Waals surface area contributed by atoms with Crippen LogP contribution in [0.25, 0.3) is 0 Å². The van der Waals surface area contributed by atoms with Crippen LogP contribution in [0.2, 0.25) is 0 Å². The molecule has 0 radical (unpaired) electrons. The molecule has 0 atom stereocenters. The molecule has 0 bridgehead atoms. The molecule has 0 fully saturated rings. The van der Waals surface area contributed by atoms with Crippen molar-refractivity contribution in [2.75, 3.05) is 7.05 Å². The highest BCUT2D eigenvalue weighted by molar-refractivity contribution is 5.96. The zero-order valence-electron chi connectivity index (χ0n) is 14.4. The molecule has 6 heteroatoms. The second kappa shape index (κ2) is 8.11. The topological polar surface area (TPSA) is 75.4 Å². The van der Waals surface area contributed by atoms with Gasteiger partial charge in [0.05, 0.1) is 12.8 Å². The van der Waals surface area contributed by atoms with Gasteiger partial charge in [-0.05, 0) is 29.8 Å². The first kappa shape index (κ1) is 17.4. The lowest BCUT2D eigenvalue weighted by molar-refractivity contribution is 0.0779. The maximum absolute atomic E-state index is 12.6. The van der Waals surface area contributed by atoms with Crippen LogP contribution in [0.5, 0.6) is 0 Å². The number of aromatic nitrogens is 1. The van der Waals surface area contributed by atoms with E-state index in [1.54, 1.807) is 48.5 Å². The Morgan fingerprint density at radius 1 is 1.00 bits per heavy atom. The number of nitrogens with one attached hydrogen (secondary N) is 1. The Bertz CT molecular complexity index is 876. The van der Waals surface area contributed by atoms with Crippen molar-refractivity contribution in [2.45, 2.75) is 13.1 Å². The largest absolute Gasteiger partial charge is 0.467 e. The quantitative estimate of drug-likeness (QED) is 0.742. The highest BCUT2D eigenvalue weighted by atomic mass is 16.3. The van der Waals surface area contributed by atoms with Gasteiger partial charge >= 0.3 is 0 Å². The Morgan fingerprint density at radius 2 is 1.77 bits per heavy atom. The van der Waals surface area contributed by atoms with E-state index in [4.69, 9.17) is 4.42 Å². The second-order valence-corrected chi connectivity index (χ2v) is 5.82. The van der Waals surface area contributed by atoms with E-state index in [2.05, 4.69) is 10.3 Å². The Balaban J connectivity index is 1.65. The summed E-state index contributed by atoms with van der Waals surface area (Å²) in [6, 6.07) is 18.0. The normalized spacial score (nSPS) is 10.3. The van der Waals surface area contributed by atoms with Gasteiger partial charge in [0.25, 0.3) is 11.8 Å². The van der Waals surface area contributed by atoms with Gasteiger partial charge in [0.2, 0.25) is 0 Å². The van der Waals surface area contributed by atoms with E-state index in [0.29, 0.717) is 12.3 Å². The third-order valence-electron chi connectivity index (χ3n) is 3.81.